The van der Waals surface area contributed by atoms with Gasteiger partial charge >= 0.3 is 0 Å². The molecule has 2 N–H and O–H groups in total. The average molecular weight is 471 g/mol. The van der Waals surface area contributed by atoms with Crippen LogP contribution in [0.15, 0.2) is 54.6 Å². The predicted octanol–water partition coefficient (Wildman–Crippen LogP) is 3.19. The maximum absolute atomic E-state index is 13.5. The summed E-state index contributed by atoms with van der Waals surface area (Å²) in [5.74, 6) is 0.255. The van der Waals surface area contributed by atoms with E-state index in [1.807, 2.05) is 11.0 Å². The Balaban J connectivity index is 1.41. The Bertz CT molecular complexity index is 964. The van der Waals surface area contributed by atoms with Crippen LogP contribution in [0.4, 0.5) is 4.39 Å². The van der Waals surface area contributed by atoms with Crippen LogP contribution in [0, 0.1) is 5.82 Å². The molecule has 2 aromatic rings. The van der Waals surface area contributed by atoms with E-state index in [0.717, 1.165) is 12.8 Å². The van der Waals surface area contributed by atoms with Crippen molar-refractivity contribution in [1.82, 2.24) is 9.80 Å². The highest BCUT2D eigenvalue weighted by molar-refractivity contribution is 5.73. The minimum atomic E-state index is -1.34. The molecule has 6 nitrogen and oxygen atoms in total. The number of carbonyl (C=O) groups is 1. The van der Waals surface area contributed by atoms with Crippen LogP contribution >= 0.6 is 0 Å². The topological polar surface area (TPSA) is 73.2 Å². The number of carbonyl (C=O) groups excluding carboxylic acids is 1. The van der Waals surface area contributed by atoms with E-state index >= 15 is 0 Å². The Morgan fingerprint density at radius 2 is 1.76 bits per heavy atom. The standard InChI is InChI=1S/C27H35FN2O4/c1-21(31)30-15-14-29(18-27(33,19-30)20-34-25-9-5-8-24(28)16-25)17-26(32)12-10-23(11-13-26)22-6-3-2-4-7-22/h2-9,16,23,32-33H,10-15,17-20H2,1H3. The molecule has 2 aliphatic rings. The number of ether oxygens (including phenoxy) is 1. The van der Waals surface area contributed by atoms with Crippen molar-refractivity contribution < 1.29 is 24.1 Å². The molecule has 4 rings (SSSR count). The van der Waals surface area contributed by atoms with E-state index < -0.39 is 17.0 Å². The average Bonchev–Trinajstić information content (AvgIpc) is 2.98. The van der Waals surface area contributed by atoms with Crippen molar-refractivity contribution in [3.05, 3.63) is 66.0 Å². The summed E-state index contributed by atoms with van der Waals surface area (Å²) < 4.78 is 19.3. The van der Waals surface area contributed by atoms with Gasteiger partial charge in [0.2, 0.25) is 5.91 Å². The van der Waals surface area contributed by atoms with E-state index in [2.05, 4.69) is 24.3 Å². The summed E-state index contributed by atoms with van der Waals surface area (Å²) in [6, 6.07) is 16.2. The molecular formula is C27H35FN2O4. The number of halogens is 1. The Hall–Kier alpha value is -2.48. The second-order valence-electron chi connectivity index (χ2n) is 10.0. The van der Waals surface area contributed by atoms with E-state index in [9.17, 15) is 19.4 Å². The van der Waals surface area contributed by atoms with Crippen molar-refractivity contribution in [1.29, 1.82) is 0 Å². The number of rotatable bonds is 6. The lowest BCUT2D eigenvalue weighted by Gasteiger charge is -2.40. The van der Waals surface area contributed by atoms with Gasteiger partial charge in [-0.25, -0.2) is 4.39 Å². The summed E-state index contributed by atoms with van der Waals surface area (Å²) in [5.41, 5.74) is -0.854. The quantitative estimate of drug-likeness (QED) is 0.679. The molecule has 2 fully saturated rings. The fraction of sp³-hybridized carbons (Fsp3) is 0.519. The van der Waals surface area contributed by atoms with Crippen LogP contribution in [0.1, 0.15) is 44.1 Å². The molecule has 7 heteroatoms. The van der Waals surface area contributed by atoms with Crippen molar-refractivity contribution in [2.75, 3.05) is 39.3 Å². The Labute approximate surface area is 200 Å². The molecule has 0 radical (unpaired) electrons. The Morgan fingerprint density at radius 1 is 1.03 bits per heavy atom. The minimum absolute atomic E-state index is 0.0781. The van der Waals surface area contributed by atoms with Gasteiger partial charge in [-0.05, 0) is 49.3 Å². The summed E-state index contributed by atoms with van der Waals surface area (Å²) in [6.07, 6.45) is 3.22. The summed E-state index contributed by atoms with van der Waals surface area (Å²) in [4.78, 5) is 15.8. The van der Waals surface area contributed by atoms with Gasteiger partial charge < -0.3 is 19.8 Å². The molecule has 1 aliphatic carbocycles. The van der Waals surface area contributed by atoms with Gasteiger partial charge in [0.25, 0.3) is 0 Å². The lowest BCUT2D eigenvalue weighted by Crippen LogP contribution is -2.54. The first-order chi connectivity index (χ1) is 16.2. The molecule has 1 unspecified atom stereocenters. The molecule has 1 atom stereocenters. The van der Waals surface area contributed by atoms with Gasteiger partial charge in [0.15, 0.2) is 0 Å². The number of aliphatic hydroxyl groups is 2. The van der Waals surface area contributed by atoms with Gasteiger partial charge in [-0.3, -0.25) is 9.69 Å². The largest absolute Gasteiger partial charge is 0.490 e. The molecule has 1 saturated heterocycles. The first-order valence-corrected chi connectivity index (χ1v) is 12.1. The van der Waals surface area contributed by atoms with Crippen molar-refractivity contribution in [3.63, 3.8) is 0 Å². The first-order valence-electron chi connectivity index (χ1n) is 12.1. The highest BCUT2D eigenvalue weighted by Crippen LogP contribution is 2.38. The van der Waals surface area contributed by atoms with Gasteiger partial charge in [-0.2, -0.15) is 0 Å². The van der Waals surface area contributed by atoms with E-state index in [1.165, 1.54) is 24.6 Å². The zero-order valence-electron chi connectivity index (χ0n) is 19.8. The molecule has 34 heavy (non-hydrogen) atoms. The monoisotopic (exact) mass is 470 g/mol. The van der Waals surface area contributed by atoms with Crippen LogP contribution in [0.3, 0.4) is 0 Å². The minimum Gasteiger partial charge on any atom is -0.490 e. The molecule has 1 amide bonds. The molecule has 1 heterocycles. The van der Waals surface area contributed by atoms with E-state index in [1.54, 1.807) is 17.0 Å². The van der Waals surface area contributed by atoms with Crippen LogP contribution in [-0.4, -0.2) is 76.5 Å². The van der Waals surface area contributed by atoms with Gasteiger partial charge in [0.1, 0.15) is 23.8 Å². The number of nitrogens with zero attached hydrogens (tertiary/aromatic N) is 2. The van der Waals surface area contributed by atoms with E-state index in [0.29, 0.717) is 44.1 Å². The smallest absolute Gasteiger partial charge is 0.219 e. The third kappa shape index (κ3) is 6.34. The maximum Gasteiger partial charge on any atom is 0.219 e. The normalized spacial score (nSPS) is 28.4. The van der Waals surface area contributed by atoms with Crippen LogP contribution in [0.2, 0.25) is 0 Å². The van der Waals surface area contributed by atoms with Gasteiger partial charge in [-0.15, -0.1) is 0 Å². The summed E-state index contributed by atoms with van der Waals surface area (Å²) in [7, 11) is 0. The van der Waals surface area contributed by atoms with Crippen molar-refractivity contribution >= 4 is 5.91 Å². The highest BCUT2D eigenvalue weighted by Gasteiger charge is 2.41. The number of β-amino-alcohol motifs (C(OH)–C–C–N with tert-alkyl or cyclic N) is 2. The van der Waals surface area contributed by atoms with Crippen molar-refractivity contribution in [2.45, 2.75) is 49.7 Å². The molecular weight excluding hydrogens is 435 g/mol. The second-order valence-corrected chi connectivity index (χ2v) is 10.0. The maximum atomic E-state index is 13.5. The van der Waals surface area contributed by atoms with Crippen molar-refractivity contribution in [3.8, 4) is 5.75 Å². The molecule has 0 bridgehead atoms. The van der Waals surface area contributed by atoms with Crippen molar-refractivity contribution in [2.24, 2.45) is 0 Å². The van der Waals surface area contributed by atoms with Crippen LogP contribution in [-0.2, 0) is 4.79 Å². The zero-order valence-corrected chi connectivity index (χ0v) is 19.8. The summed E-state index contributed by atoms with van der Waals surface area (Å²) >= 11 is 0. The number of amides is 1. The molecule has 0 aromatic heterocycles. The third-order valence-electron chi connectivity index (χ3n) is 7.14. The Kier molecular flexibility index (Phi) is 7.55. The fourth-order valence-corrected chi connectivity index (χ4v) is 5.30. The predicted molar refractivity (Wildman–Crippen MR) is 128 cm³/mol. The molecule has 0 spiro atoms. The highest BCUT2D eigenvalue weighted by atomic mass is 19.1. The van der Waals surface area contributed by atoms with E-state index in [-0.39, 0.29) is 25.6 Å². The fourth-order valence-electron chi connectivity index (χ4n) is 5.30. The molecule has 184 valence electrons. The van der Waals surface area contributed by atoms with Gasteiger partial charge in [0.05, 0.1) is 12.1 Å². The lowest BCUT2D eigenvalue weighted by atomic mass is 9.76. The Morgan fingerprint density at radius 3 is 2.44 bits per heavy atom. The second kappa shape index (κ2) is 10.4. The van der Waals surface area contributed by atoms with Gasteiger partial charge in [0, 0.05) is 39.2 Å². The van der Waals surface area contributed by atoms with Gasteiger partial charge in [-0.1, -0.05) is 36.4 Å². The first kappa shape index (κ1) is 24.6. The third-order valence-corrected chi connectivity index (χ3v) is 7.14. The summed E-state index contributed by atoms with van der Waals surface area (Å²) in [5, 5.41) is 22.8. The molecule has 2 aromatic carbocycles. The SMILES string of the molecule is CC(=O)N1CCN(CC2(O)CCC(c3ccccc3)CC2)CC(O)(COc2cccc(F)c2)C1. The molecule has 1 saturated carbocycles. The van der Waals surface area contributed by atoms with Crippen LogP contribution in [0.5, 0.6) is 5.75 Å². The number of hydrogen-bond acceptors (Lipinski definition) is 5. The number of benzene rings is 2. The molecule has 1 aliphatic heterocycles. The number of hydrogen-bond donors (Lipinski definition) is 2. The van der Waals surface area contributed by atoms with Crippen LogP contribution in [0.25, 0.3) is 0 Å². The van der Waals surface area contributed by atoms with Crippen LogP contribution < -0.4 is 4.74 Å². The lowest BCUT2D eigenvalue weighted by molar-refractivity contribution is -0.132. The van der Waals surface area contributed by atoms with E-state index in [4.69, 9.17) is 4.74 Å². The zero-order chi connectivity index (χ0) is 24.2. The summed E-state index contributed by atoms with van der Waals surface area (Å²) in [6.45, 7) is 3.27.